The highest BCUT2D eigenvalue weighted by Crippen LogP contribution is 2.69. The van der Waals surface area contributed by atoms with Crippen molar-refractivity contribution in [3.8, 4) is 0 Å². The second-order valence-corrected chi connectivity index (χ2v) is 7.52. The summed E-state index contributed by atoms with van der Waals surface area (Å²) in [5.41, 5.74) is -0.614. The SMILES string of the molecule is O=C(NCC1(O)CCCCC1)C1C2C3CCC(C3)C12. The number of hydrogen-bond acceptors (Lipinski definition) is 2. The molecule has 0 aliphatic heterocycles. The third-order valence-electron chi connectivity index (χ3n) is 6.41. The van der Waals surface area contributed by atoms with Crippen LogP contribution in [0.2, 0.25) is 0 Å². The zero-order valence-corrected chi connectivity index (χ0v) is 11.6. The van der Waals surface area contributed by atoms with Gasteiger partial charge in [0.1, 0.15) is 0 Å². The van der Waals surface area contributed by atoms with Crippen molar-refractivity contribution in [1.82, 2.24) is 5.32 Å². The molecular formula is C16H25NO2. The molecule has 0 radical (unpaired) electrons. The van der Waals surface area contributed by atoms with E-state index in [4.69, 9.17) is 0 Å². The van der Waals surface area contributed by atoms with Crippen LogP contribution in [0, 0.1) is 29.6 Å². The van der Waals surface area contributed by atoms with Gasteiger partial charge in [0.2, 0.25) is 5.91 Å². The van der Waals surface area contributed by atoms with Crippen molar-refractivity contribution in [3.05, 3.63) is 0 Å². The predicted molar refractivity (Wildman–Crippen MR) is 72.3 cm³/mol. The fourth-order valence-electron chi connectivity index (χ4n) is 5.43. The molecule has 3 heteroatoms. The van der Waals surface area contributed by atoms with Gasteiger partial charge in [0, 0.05) is 12.5 Å². The van der Waals surface area contributed by atoms with Crippen LogP contribution in [0.5, 0.6) is 0 Å². The fraction of sp³-hybridized carbons (Fsp3) is 0.938. The van der Waals surface area contributed by atoms with E-state index in [0.29, 0.717) is 24.3 Å². The van der Waals surface area contributed by atoms with Gasteiger partial charge in [-0.3, -0.25) is 4.79 Å². The number of rotatable bonds is 3. The van der Waals surface area contributed by atoms with Gasteiger partial charge in [-0.05, 0) is 55.8 Å². The first kappa shape index (κ1) is 12.2. The van der Waals surface area contributed by atoms with Gasteiger partial charge >= 0.3 is 0 Å². The molecule has 1 amide bonds. The summed E-state index contributed by atoms with van der Waals surface area (Å²) in [6.07, 6.45) is 9.26. The Labute approximate surface area is 115 Å². The first-order chi connectivity index (χ1) is 9.18. The van der Waals surface area contributed by atoms with E-state index < -0.39 is 5.60 Å². The lowest BCUT2D eigenvalue weighted by molar-refractivity contribution is -0.125. The molecule has 4 saturated carbocycles. The lowest BCUT2D eigenvalue weighted by Gasteiger charge is -2.32. The first-order valence-corrected chi connectivity index (χ1v) is 8.18. The van der Waals surface area contributed by atoms with Crippen molar-refractivity contribution >= 4 is 5.91 Å². The van der Waals surface area contributed by atoms with Gasteiger partial charge < -0.3 is 10.4 Å². The van der Waals surface area contributed by atoms with E-state index in [-0.39, 0.29) is 5.91 Å². The molecule has 4 atom stereocenters. The Morgan fingerprint density at radius 3 is 2.37 bits per heavy atom. The van der Waals surface area contributed by atoms with E-state index in [1.54, 1.807) is 0 Å². The van der Waals surface area contributed by atoms with Gasteiger partial charge in [-0.2, -0.15) is 0 Å². The normalized spacial score (nSPS) is 45.8. The molecule has 0 aromatic rings. The molecule has 0 spiro atoms. The summed E-state index contributed by atoms with van der Waals surface area (Å²) in [7, 11) is 0. The van der Waals surface area contributed by atoms with Crippen LogP contribution in [0.3, 0.4) is 0 Å². The number of amides is 1. The van der Waals surface area contributed by atoms with Crippen LogP contribution >= 0.6 is 0 Å². The summed E-state index contributed by atoms with van der Waals surface area (Å²) in [6.45, 7) is 0.483. The van der Waals surface area contributed by atoms with Gasteiger partial charge in [-0.15, -0.1) is 0 Å². The molecule has 3 nitrogen and oxygen atoms in total. The Hall–Kier alpha value is -0.570. The standard InChI is InChI=1S/C16H25NO2/c18-15(17-9-16(19)6-2-1-3-7-16)14-12-10-4-5-11(8-10)13(12)14/h10-14,19H,1-9H2,(H,17,18). The van der Waals surface area contributed by atoms with E-state index in [2.05, 4.69) is 5.32 Å². The van der Waals surface area contributed by atoms with Crippen LogP contribution in [0.25, 0.3) is 0 Å². The molecule has 2 bridgehead atoms. The molecule has 4 rings (SSSR count). The number of carbonyl (C=O) groups excluding carboxylic acids is 1. The van der Waals surface area contributed by atoms with Crippen molar-refractivity contribution in [1.29, 1.82) is 0 Å². The maximum atomic E-state index is 12.3. The van der Waals surface area contributed by atoms with Crippen molar-refractivity contribution in [2.45, 2.75) is 57.0 Å². The Kier molecular flexibility index (Phi) is 2.70. The molecule has 4 unspecified atom stereocenters. The Bertz CT molecular complexity index is 372. The summed E-state index contributed by atoms with van der Waals surface area (Å²) in [6, 6.07) is 0. The first-order valence-electron chi connectivity index (χ1n) is 8.18. The van der Waals surface area contributed by atoms with Crippen LogP contribution in [-0.2, 0) is 4.79 Å². The van der Waals surface area contributed by atoms with Crippen molar-refractivity contribution in [3.63, 3.8) is 0 Å². The third-order valence-corrected chi connectivity index (χ3v) is 6.41. The minimum atomic E-state index is -0.614. The van der Waals surface area contributed by atoms with Crippen LogP contribution in [-0.4, -0.2) is 23.2 Å². The quantitative estimate of drug-likeness (QED) is 0.819. The zero-order chi connectivity index (χ0) is 13.0. The highest BCUT2D eigenvalue weighted by molar-refractivity contribution is 5.82. The van der Waals surface area contributed by atoms with E-state index in [0.717, 1.165) is 37.5 Å². The molecule has 4 aliphatic carbocycles. The number of aliphatic hydroxyl groups is 1. The number of carbonyl (C=O) groups is 1. The Morgan fingerprint density at radius 2 is 1.74 bits per heavy atom. The highest BCUT2D eigenvalue weighted by Gasteiger charge is 2.67. The molecule has 2 N–H and O–H groups in total. The summed E-state index contributed by atoms with van der Waals surface area (Å²) in [4.78, 5) is 12.3. The Balaban J connectivity index is 1.31. The fourth-order valence-corrected chi connectivity index (χ4v) is 5.43. The van der Waals surface area contributed by atoms with Crippen LogP contribution < -0.4 is 5.32 Å². The summed E-state index contributed by atoms with van der Waals surface area (Å²) in [5.74, 6) is 3.66. The number of hydrogen-bond donors (Lipinski definition) is 2. The highest BCUT2D eigenvalue weighted by atomic mass is 16.3. The predicted octanol–water partition coefficient (Wildman–Crippen LogP) is 2.09. The molecule has 0 aromatic carbocycles. The van der Waals surface area contributed by atoms with Crippen LogP contribution in [0.15, 0.2) is 0 Å². The van der Waals surface area contributed by atoms with E-state index in [9.17, 15) is 9.90 Å². The van der Waals surface area contributed by atoms with Gasteiger partial charge in [0.05, 0.1) is 5.60 Å². The summed E-state index contributed by atoms with van der Waals surface area (Å²) in [5, 5.41) is 13.5. The van der Waals surface area contributed by atoms with Crippen molar-refractivity contribution in [2.24, 2.45) is 29.6 Å². The van der Waals surface area contributed by atoms with E-state index >= 15 is 0 Å². The molecule has 0 saturated heterocycles. The van der Waals surface area contributed by atoms with Gasteiger partial charge in [-0.25, -0.2) is 0 Å². The van der Waals surface area contributed by atoms with Gasteiger partial charge in [0.15, 0.2) is 0 Å². The van der Waals surface area contributed by atoms with Crippen LogP contribution in [0.1, 0.15) is 51.4 Å². The van der Waals surface area contributed by atoms with Gasteiger partial charge in [0.25, 0.3) is 0 Å². The lowest BCUT2D eigenvalue weighted by Crippen LogP contribution is -2.45. The lowest BCUT2D eigenvalue weighted by atomic mass is 9.85. The second-order valence-electron chi connectivity index (χ2n) is 7.52. The monoisotopic (exact) mass is 263 g/mol. The van der Waals surface area contributed by atoms with E-state index in [1.807, 2.05) is 0 Å². The maximum Gasteiger partial charge on any atom is 0.223 e. The molecular weight excluding hydrogens is 238 g/mol. The Morgan fingerprint density at radius 1 is 1.11 bits per heavy atom. The third kappa shape index (κ3) is 1.93. The molecule has 106 valence electrons. The average molecular weight is 263 g/mol. The van der Waals surface area contributed by atoms with E-state index in [1.165, 1.54) is 25.7 Å². The molecule has 4 fully saturated rings. The largest absolute Gasteiger partial charge is 0.388 e. The maximum absolute atomic E-state index is 12.3. The molecule has 0 aromatic heterocycles. The topological polar surface area (TPSA) is 49.3 Å². The summed E-state index contributed by atoms with van der Waals surface area (Å²) < 4.78 is 0. The molecule has 19 heavy (non-hydrogen) atoms. The van der Waals surface area contributed by atoms with Crippen molar-refractivity contribution < 1.29 is 9.90 Å². The van der Waals surface area contributed by atoms with Crippen molar-refractivity contribution in [2.75, 3.05) is 6.54 Å². The van der Waals surface area contributed by atoms with Gasteiger partial charge in [-0.1, -0.05) is 19.3 Å². The minimum absolute atomic E-state index is 0.241. The number of fused-ring (bicyclic) bond motifs is 5. The number of nitrogens with one attached hydrogen (secondary N) is 1. The summed E-state index contributed by atoms with van der Waals surface area (Å²) >= 11 is 0. The average Bonchev–Trinajstić information content (AvgIpc) is 2.85. The zero-order valence-electron chi connectivity index (χ0n) is 11.6. The second kappa shape index (κ2) is 4.21. The minimum Gasteiger partial charge on any atom is -0.388 e. The molecule has 0 heterocycles. The smallest absolute Gasteiger partial charge is 0.223 e. The molecule has 4 aliphatic rings. The van der Waals surface area contributed by atoms with Crippen LogP contribution in [0.4, 0.5) is 0 Å².